The van der Waals surface area contributed by atoms with Crippen molar-refractivity contribution >= 4 is 6.09 Å². The van der Waals surface area contributed by atoms with Gasteiger partial charge in [-0.3, -0.25) is 0 Å². The lowest BCUT2D eigenvalue weighted by molar-refractivity contribution is 0.0483. The quantitative estimate of drug-likeness (QED) is 0.481. The minimum absolute atomic E-state index is 0.183. The summed E-state index contributed by atoms with van der Waals surface area (Å²) < 4.78 is 5.18. The largest absolute Gasteiger partial charge is 0.444 e. The highest BCUT2D eigenvalue weighted by atomic mass is 16.6. The zero-order valence-electron chi connectivity index (χ0n) is 19.1. The van der Waals surface area contributed by atoms with Crippen molar-refractivity contribution in [2.24, 2.45) is 5.73 Å². The SMILES string of the molecule is C=C/C=C(C=C)/C(N)=C/C=C(\C)CC(CO)NC(=O)OC(C)(C)C.CC.CC. The second-order valence-electron chi connectivity index (χ2n) is 6.43. The molecule has 0 aliphatic rings. The van der Waals surface area contributed by atoms with E-state index in [1.165, 1.54) is 0 Å². The van der Waals surface area contributed by atoms with Crippen LogP contribution in [0.5, 0.6) is 0 Å². The van der Waals surface area contributed by atoms with Crippen LogP contribution in [0, 0.1) is 0 Å². The molecule has 5 nitrogen and oxygen atoms in total. The van der Waals surface area contributed by atoms with E-state index in [1.54, 1.807) is 45.1 Å². The van der Waals surface area contributed by atoms with Gasteiger partial charge in [-0.2, -0.15) is 0 Å². The Labute approximate surface area is 172 Å². The fourth-order valence-corrected chi connectivity index (χ4v) is 1.83. The maximum absolute atomic E-state index is 11.8. The first-order valence-electron chi connectivity index (χ1n) is 9.81. The molecule has 0 spiro atoms. The molecule has 0 aromatic heterocycles. The second-order valence-corrected chi connectivity index (χ2v) is 6.43. The summed E-state index contributed by atoms with van der Waals surface area (Å²) >= 11 is 0. The average Bonchev–Trinajstić information content (AvgIpc) is 2.65. The smallest absolute Gasteiger partial charge is 0.407 e. The van der Waals surface area contributed by atoms with Gasteiger partial charge in [0.25, 0.3) is 0 Å². The van der Waals surface area contributed by atoms with Crippen molar-refractivity contribution < 1.29 is 14.6 Å². The summed E-state index contributed by atoms with van der Waals surface area (Å²) in [5.41, 5.74) is 7.68. The van der Waals surface area contributed by atoms with E-state index in [9.17, 15) is 9.90 Å². The first-order chi connectivity index (χ1) is 13.1. The fourth-order valence-electron chi connectivity index (χ4n) is 1.83. The zero-order chi connectivity index (χ0) is 22.8. The Balaban J connectivity index is -0.00000146. The molecule has 0 heterocycles. The van der Waals surface area contributed by atoms with Crippen LogP contribution in [0.3, 0.4) is 0 Å². The highest BCUT2D eigenvalue weighted by molar-refractivity contribution is 5.68. The predicted octanol–water partition coefficient (Wildman–Crippen LogP) is 5.40. The number of aliphatic hydroxyl groups is 1. The Kier molecular flexibility index (Phi) is 19.7. The Morgan fingerprint density at radius 3 is 2.07 bits per heavy atom. The van der Waals surface area contributed by atoms with Crippen molar-refractivity contribution in [2.45, 2.75) is 73.5 Å². The molecule has 0 saturated heterocycles. The van der Waals surface area contributed by atoms with Crippen LogP contribution in [0.1, 0.15) is 61.8 Å². The molecule has 0 aliphatic heterocycles. The molecule has 0 radical (unpaired) electrons. The molecule has 5 heteroatoms. The van der Waals surface area contributed by atoms with E-state index in [1.807, 2.05) is 40.7 Å². The van der Waals surface area contributed by atoms with Gasteiger partial charge in [0.2, 0.25) is 0 Å². The number of carbonyl (C=O) groups is 1. The van der Waals surface area contributed by atoms with Gasteiger partial charge in [-0.1, -0.05) is 70.7 Å². The van der Waals surface area contributed by atoms with Gasteiger partial charge in [-0.05, 0) is 45.8 Å². The van der Waals surface area contributed by atoms with Crippen molar-refractivity contribution in [3.05, 3.63) is 60.4 Å². The lowest BCUT2D eigenvalue weighted by Gasteiger charge is -2.22. The van der Waals surface area contributed by atoms with Crippen LogP contribution < -0.4 is 11.1 Å². The standard InChI is InChI=1S/C19H30N2O3.2C2H6/c1-7-9-15(8-2)17(20)11-10-14(3)12-16(13-22)21-18(23)24-19(4,5)6;2*1-2/h7-11,16,22H,1-2,12-13,20H2,3-6H3,(H,21,23);2*1-2H3/b14-10+,15-9+,17-11-;;. The maximum atomic E-state index is 11.8. The number of nitrogens with one attached hydrogen (secondary N) is 1. The summed E-state index contributed by atoms with van der Waals surface area (Å²) in [5, 5.41) is 12.1. The van der Waals surface area contributed by atoms with Crippen molar-refractivity contribution in [3.8, 4) is 0 Å². The Morgan fingerprint density at radius 1 is 1.14 bits per heavy atom. The monoisotopic (exact) mass is 394 g/mol. The van der Waals surface area contributed by atoms with Crippen LogP contribution in [0.4, 0.5) is 4.79 Å². The predicted molar refractivity (Wildman–Crippen MR) is 122 cm³/mol. The molecule has 28 heavy (non-hydrogen) atoms. The van der Waals surface area contributed by atoms with Crippen LogP contribution in [-0.2, 0) is 4.74 Å². The number of ether oxygens (including phenoxy) is 1. The van der Waals surface area contributed by atoms with Gasteiger partial charge in [0.15, 0.2) is 0 Å². The van der Waals surface area contributed by atoms with Crippen LogP contribution in [0.15, 0.2) is 60.4 Å². The number of nitrogens with two attached hydrogens (primary N) is 1. The fraction of sp³-hybridized carbons (Fsp3) is 0.522. The summed E-state index contributed by atoms with van der Waals surface area (Å²) in [6.07, 6.45) is 8.59. The van der Waals surface area contributed by atoms with Crippen molar-refractivity contribution in [2.75, 3.05) is 6.61 Å². The van der Waals surface area contributed by atoms with Gasteiger partial charge in [-0.15, -0.1) is 0 Å². The Morgan fingerprint density at radius 2 is 1.68 bits per heavy atom. The Bertz CT molecular complexity index is 539. The van der Waals surface area contributed by atoms with Gasteiger partial charge < -0.3 is 20.9 Å². The van der Waals surface area contributed by atoms with E-state index in [-0.39, 0.29) is 6.61 Å². The van der Waals surface area contributed by atoms with Crippen LogP contribution in [0.2, 0.25) is 0 Å². The number of allylic oxidation sites excluding steroid dienone is 5. The Hall–Kier alpha value is -2.27. The molecular formula is C23H42N2O3. The molecule has 4 N–H and O–H groups in total. The number of aliphatic hydroxyl groups excluding tert-OH is 1. The first kappa shape index (κ1) is 30.5. The third-order valence-corrected chi connectivity index (χ3v) is 2.91. The van der Waals surface area contributed by atoms with Crippen molar-refractivity contribution in [3.63, 3.8) is 0 Å². The number of hydrogen-bond acceptors (Lipinski definition) is 4. The van der Waals surface area contributed by atoms with Gasteiger partial charge in [0, 0.05) is 5.70 Å². The molecule has 0 aromatic rings. The minimum Gasteiger partial charge on any atom is -0.444 e. The van der Waals surface area contributed by atoms with E-state index in [2.05, 4.69) is 18.5 Å². The van der Waals surface area contributed by atoms with Crippen LogP contribution in [-0.4, -0.2) is 29.4 Å². The van der Waals surface area contributed by atoms with E-state index in [0.29, 0.717) is 12.1 Å². The number of alkyl carbamates (subject to hydrolysis) is 1. The molecule has 1 unspecified atom stereocenters. The van der Waals surface area contributed by atoms with Gasteiger partial charge in [0.05, 0.1) is 12.6 Å². The summed E-state index contributed by atoms with van der Waals surface area (Å²) in [5.74, 6) is 0. The highest BCUT2D eigenvalue weighted by Gasteiger charge is 2.19. The summed E-state index contributed by atoms with van der Waals surface area (Å²) in [4.78, 5) is 11.8. The number of carbonyl (C=O) groups excluding carboxylic acids is 1. The summed E-state index contributed by atoms with van der Waals surface area (Å²) in [7, 11) is 0. The van der Waals surface area contributed by atoms with Gasteiger partial charge >= 0.3 is 6.09 Å². The second kappa shape index (κ2) is 18.1. The lowest BCUT2D eigenvalue weighted by Crippen LogP contribution is -2.41. The van der Waals surface area contributed by atoms with Gasteiger partial charge in [-0.25, -0.2) is 4.79 Å². The van der Waals surface area contributed by atoms with Crippen molar-refractivity contribution in [1.82, 2.24) is 5.32 Å². The molecule has 0 bridgehead atoms. The van der Waals surface area contributed by atoms with E-state index in [0.717, 1.165) is 11.1 Å². The van der Waals surface area contributed by atoms with E-state index < -0.39 is 17.7 Å². The number of rotatable bonds is 8. The molecule has 0 aromatic carbocycles. The van der Waals surface area contributed by atoms with E-state index >= 15 is 0 Å². The molecular weight excluding hydrogens is 352 g/mol. The molecule has 0 fully saturated rings. The topological polar surface area (TPSA) is 84.6 Å². The zero-order valence-corrected chi connectivity index (χ0v) is 19.1. The molecule has 1 atom stereocenters. The van der Waals surface area contributed by atoms with Gasteiger partial charge in [0.1, 0.15) is 5.60 Å². The maximum Gasteiger partial charge on any atom is 0.407 e. The average molecular weight is 395 g/mol. The van der Waals surface area contributed by atoms with Crippen LogP contribution in [0.25, 0.3) is 0 Å². The molecule has 162 valence electrons. The number of hydrogen-bond donors (Lipinski definition) is 3. The van der Waals surface area contributed by atoms with E-state index in [4.69, 9.17) is 10.5 Å². The lowest BCUT2D eigenvalue weighted by atomic mass is 10.1. The first-order valence-corrected chi connectivity index (χ1v) is 9.81. The summed E-state index contributed by atoms with van der Waals surface area (Å²) in [6.45, 7) is 22.4. The third-order valence-electron chi connectivity index (χ3n) is 2.91. The molecule has 0 rings (SSSR count). The molecule has 0 saturated carbocycles. The molecule has 1 amide bonds. The normalized spacial score (nSPS) is 13.1. The highest BCUT2D eigenvalue weighted by Crippen LogP contribution is 2.11. The molecule has 0 aliphatic carbocycles. The third kappa shape index (κ3) is 17.2. The van der Waals surface area contributed by atoms with Crippen molar-refractivity contribution in [1.29, 1.82) is 0 Å². The number of amides is 1. The minimum atomic E-state index is -0.579. The van der Waals surface area contributed by atoms with Crippen LogP contribution >= 0.6 is 0 Å². The summed E-state index contributed by atoms with van der Waals surface area (Å²) in [6, 6.07) is -0.423.